The third-order valence-corrected chi connectivity index (χ3v) is 2.98. The normalized spacial score (nSPS) is 12.1. The van der Waals surface area contributed by atoms with Gasteiger partial charge in [-0.2, -0.15) is 13.2 Å². The Balaban J connectivity index is 2.90. The fraction of sp³-hybridized carbons (Fsp3) is 0.182. The summed E-state index contributed by atoms with van der Waals surface area (Å²) in [5, 5.41) is 0.241. The second-order valence-corrected chi connectivity index (χ2v) is 4.56. The summed E-state index contributed by atoms with van der Waals surface area (Å²) in [6, 6.07) is 4.52. The summed E-state index contributed by atoms with van der Waals surface area (Å²) >= 11 is 3.17. The molecule has 0 fully saturated rings. The Morgan fingerprint density at radius 3 is 2.53 bits per heavy atom. The van der Waals surface area contributed by atoms with Crippen LogP contribution in [0.5, 0.6) is 0 Å². The quantitative estimate of drug-likeness (QED) is 0.792. The van der Waals surface area contributed by atoms with Crippen molar-refractivity contribution in [2.75, 3.05) is 0 Å². The molecule has 0 unspecified atom stereocenters. The summed E-state index contributed by atoms with van der Waals surface area (Å²) < 4.78 is 38.6. The van der Waals surface area contributed by atoms with Crippen LogP contribution in [0.2, 0.25) is 0 Å². The Bertz CT molecular complexity index is 645. The van der Waals surface area contributed by atoms with Crippen LogP contribution >= 0.6 is 15.9 Å². The van der Waals surface area contributed by atoms with Crippen molar-refractivity contribution in [1.82, 2.24) is 4.98 Å². The molecule has 90 valence electrons. The Morgan fingerprint density at radius 2 is 1.94 bits per heavy atom. The minimum absolute atomic E-state index is 0.177. The van der Waals surface area contributed by atoms with Crippen molar-refractivity contribution in [3.05, 3.63) is 44.2 Å². The number of fused-ring (bicyclic) bond motifs is 1. The van der Waals surface area contributed by atoms with Crippen molar-refractivity contribution >= 4 is 26.8 Å². The lowest BCUT2D eigenvalue weighted by atomic mass is 10.1. The summed E-state index contributed by atoms with van der Waals surface area (Å²) in [7, 11) is 0. The minimum atomic E-state index is -4.55. The molecule has 2 aromatic rings. The molecule has 0 amide bonds. The highest BCUT2D eigenvalue weighted by Crippen LogP contribution is 2.30. The molecule has 2 nitrogen and oxygen atoms in total. The van der Waals surface area contributed by atoms with Gasteiger partial charge in [0.05, 0.1) is 0 Å². The van der Waals surface area contributed by atoms with Gasteiger partial charge in [-0.05, 0) is 25.1 Å². The first kappa shape index (κ1) is 12.2. The molecule has 1 aromatic carbocycles. The number of hydrogen-bond acceptors (Lipinski definition) is 1. The third kappa shape index (κ3) is 2.09. The number of aromatic amines is 1. The monoisotopic (exact) mass is 305 g/mol. The summed E-state index contributed by atoms with van der Waals surface area (Å²) in [5.74, 6) is 0. The number of halogens is 4. The van der Waals surface area contributed by atoms with E-state index in [-0.39, 0.29) is 16.5 Å². The third-order valence-electron chi connectivity index (χ3n) is 2.48. The molecule has 0 aliphatic carbocycles. The van der Waals surface area contributed by atoms with Gasteiger partial charge < -0.3 is 4.98 Å². The molecule has 0 bridgehead atoms. The predicted molar refractivity (Wildman–Crippen MR) is 62.0 cm³/mol. The van der Waals surface area contributed by atoms with E-state index in [4.69, 9.17) is 0 Å². The molecule has 0 saturated heterocycles. The van der Waals surface area contributed by atoms with Crippen LogP contribution in [0.3, 0.4) is 0 Å². The Morgan fingerprint density at radius 1 is 1.29 bits per heavy atom. The summed E-state index contributed by atoms with van der Waals surface area (Å²) in [6.07, 6.45) is -4.55. The average molecular weight is 306 g/mol. The molecule has 0 radical (unpaired) electrons. The number of aromatic nitrogens is 1. The van der Waals surface area contributed by atoms with Crippen LogP contribution in [0.4, 0.5) is 13.2 Å². The zero-order valence-corrected chi connectivity index (χ0v) is 10.2. The molecule has 6 heteroatoms. The average Bonchev–Trinajstić information content (AvgIpc) is 2.22. The highest BCUT2D eigenvalue weighted by Gasteiger charge is 2.34. The second-order valence-electron chi connectivity index (χ2n) is 3.64. The second kappa shape index (κ2) is 3.87. The van der Waals surface area contributed by atoms with Crippen molar-refractivity contribution in [3.63, 3.8) is 0 Å². The van der Waals surface area contributed by atoms with Crippen LogP contribution in [-0.2, 0) is 6.18 Å². The van der Waals surface area contributed by atoms with Crippen LogP contribution in [0.15, 0.2) is 27.5 Å². The van der Waals surface area contributed by atoms with Crippen LogP contribution < -0.4 is 5.43 Å². The van der Waals surface area contributed by atoms with E-state index in [1.807, 2.05) is 0 Å². The molecule has 0 saturated carbocycles. The molecule has 0 aliphatic heterocycles. The van der Waals surface area contributed by atoms with E-state index < -0.39 is 17.3 Å². The fourth-order valence-corrected chi connectivity index (χ4v) is 2.00. The van der Waals surface area contributed by atoms with Crippen LogP contribution in [0, 0.1) is 6.92 Å². The van der Waals surface area contributed by atoms with E-state index in [0.717, 1.165) is 0 Å². The first-order valence-corrected chi connectivity index (χ1v) is 5.49. The molecule has 0 spiro atoms. The van der Waals surface area contributed by atoms with Gasteiger partial charge in [-0.15, -0.1) is 0 Å². The minimum Gasteiger partial charge on any atom is -0.351 e. The molecule has 1 heterocycles. The van der Waals surface area contributed by atoms with E-state index in [0.29, 0.717) is 4.47 Å². The maximum absolute atomic E-state index is 12.7. The van der Waals surface area contributed by atoms with Gasteiger partial charge in [-0.3, -0.25) is 4.79 Å². The van der Waals surface area contributed by atoms with E-state index in [2.05, 4.69) is 20.9 Å². The largest absolute Gasteiger partial charge is 0.431 e. The molecule has 0 aliphatic rings. The molecule has 0 atom stereocenters. The number of pyridine rings is 1. The van der Waals surface area contributed by atoms with Gasteiger partial charge in [0.15, 0.2) is 5.43 Å². The molecule has 2 rings (SSSR count). The van der Waals surface area contributed by atoms with Gasteiger partial charge in [0.2, 0.25) is 0 Å². The lowest BCUT2D eigenvalue weighted by Gasteiger charge is -2.11. The van der Waals surface area contributed by atoms with Crippen LogP contribution in [0.1, 0.15) is 11.3 Å². The summed E-state index contributed by atoms with van der Waals surface area (Å²) in [4.78, 5) is 14.1. The van der Waals surface area contributed by atoms with E-state index in [1.54, 1.807) is 6.07 Å². The van der Waals surface area contributed by atoms with Crippen molar-refractivity contribution in [2.45, 2.75) is 13.1 Å². The Kier molecular flexibility index (Phi) is 2.77. The van der Waals surface area contributed by atoms with Crippen LogP contribution in [-0.4, -0.2) is 4.98 Å². The van der Waals surface area contributed by atoms with E-state index >= 15 is 0 Å². The topological polar surface area (TPSA) is 32.9 Å². The summed E-state index contributed by atoms with van der Waals surface area (Å²) in [5.41, 5.74) is -1.73. The van der Waals surface area contributed by atoms with Crippen molar-refractivity contribution in [2.24, 2.45) is 0 Å². The molecule has 1 aromatic heterocycles. The number of rotatable bonds is 0. The Hall–Kier alpha value is -1.30. The maximum atomic E-state index is 12.7. The Labute approximate surface area is 103 Å². The smallest absolute Gasteiger partial charge is 0.351 e. The van der Waals surface area contributed by atoms with Gasteiger partial charge in [0, 0.05) is 20.9 Å². The lowest BCUT2D eigenvalue weighted by Crippen LogP contribution is -2.18. The van der Waals surface area contributed by atoms with Gasteiger partial charge >= 0.3 is 6.18 Å². The van der Waals surface area contributed by atoms with Gasteiger partial charge in [0.25, 0.3) is 0 Å². The first-order chi connectivity index (χ1) is 7.80. The van der Waals surface area contributed by atoms with E-state index in [9.17, 15) is 18.0 Å². The van der Waals surface area contributed by atoms with E-state index in [1.165, 1.54) is 19.1 Å². The highest BCUT2D eigenvalue weighted by molar-refractivity contribution is 9.10. The highest BCUT2D eigenvalue weighted by atomic mass is 79.9. The number of hydrogen-bond donors (Lipinski definition) is 1. The zero-order valence-electron chi connectivity index (χ0n) is 8.65. The maximum Gasteiger partial charge on any atom is 0.431 e. The van der Waals surface area contributed by atoms with Crippen molar-refractivity contribution < 1.29 is 13.2 Å². The van der Waals surface area contributed by atoms with Gasteiger partial charge in [-0.25, -0.2) is 0 Å². The number of benzene rings is 1. The molecular weight excluding hydrogens is 299 g/mol. The summed E-state index contributed by atoms with van der Waals surface area (Å²) in [6.45, 7) is 1.17. The number of alkyl halides is 3. The zero-order chi connectivity index (χ0) is 12.8. The fourth-order valence-electron chi connectivity index (χ4n) is 1.64. The standard InChI is InChI=1S/C11H7BrF3NO/c1-5-9(17)7-4-6(12)2-3-8(7)16-10(5)11(13,14)15/h2-4H,1H3,(H,16,17). The number of nitrogens with one attached hydrogen (secondary N) is 1. The molecule has 1 N–H and O–H groups in total. The van der Waals surface area contributed by atoms with Gasteiger partial charge in [-0.1, -0.05) is 15.9 Å². The predicted octanol–water partition coefficient (Wildman–Crippen LogP) is 3.62. The van der Waals surface area contributed by atoms with Crippen molar-refractivity contribution in [1.29, 1.82) is 0 Å². The number of H-pyrrole nitrogens is 1. The first-order valence-electron chi connectivity index (χ1n) is 4.70. The van der Waals surface area contributed by atoms with Gasteiger partial charge in [0.1, 0.15) is 5.69 Å². The SMILES string of the molecule is Cc1c(C(F)(F)F)[nH]c2ccc(Br)cc2c1=O. The molecule has 17 heavy (non-hydrogen) atoms. The lowest BCUT2D eigenvalue weighted by molar-refractivity contribution is -0.141. The van der Waals surface area contributed by atoms with Crippen LogP contribution in [0.25, 0.3) is 10.9 Å². The molecular formula is C11H7BrF3NO. The van der Waals surface area contributed by atoms with Crippen molar-refractivity contribution in [3.8, 4) is 0 Å².